The molecule has 0 aliphatic carbocycles. The molecule has 0 unspecified atom stereocenters. The van der Waals surface area contributed by atoms with Crippen molar-refractivity contribution in [3.05, 3.63) is 87.3 Å². The minimum atomic E-state index is -3.23. The molecule has 2 aromatic carbocycles. The fraction of sp³-hybridized carbons (Fsp3) is 0.158. The third-order valence-electron chi connectivity index (χ3n) is 3.99. The van der Waals surface area contributed by atoms with Crippen molar-refractivity contribution in [2.75, 3.05) is 11.6 Å². The first-order chi connectivity index (χ1) is 12.8. The Kier molecular flexibility index (Phi) is 5.62. The highest BCUT2D eigenvalue weighted by atomic mass is 35.5. The van der Waals surface area contributed by atoms with E-state index in [1.807, 2.05) is 30.3 Å². The zero-order valence-corrected chi connectivity index (χ0v) is 16.2. The van der Waals surface area contributed by atoms with Crippen LogP contribution in [0.4, 0.5) is 5.69 Å². The van der Waals surface area contributed by atoms with E-state index in [9.17, 15) is 13.2 Å². The van der Waals surface area contributed by atoms with Crippen LogP contribution < -0.4 is 10.9 Å². The van der Waals surface area contributed by atoms with Gasteiger partial charge in [-0.1, -0.05) is 54.1 Å². The molecular weight excluding hydrogens is 386 g/mol. The molecule has 0 saturated heterocycles. The van der Waals surface area contributed by atoms with Crippen LogP contribution in [-0.4, -0.2) is 24.5 Å². The Balaban J connectivity index is 1.72. The van der Waals surface area contributed by atoms with Crippen molar-refractivity contribution < 1.29 is 8.42 Å². The number of halogens is 1. The first-order valence-corrected chi connectivity index (χ1v) is 10.4. The number of anilines is 1. The second-order valence-electron chi connectivity index (χ2n) is 6.09. The summed E-state index contributed by atoms with van der Waals surface area (Å²) >= 11 is 6.20. The number of hydrogen-bond donors (Lipinski definition) is 1. The summed E-state index contributed by atoms with van der Waals surface area (Å²) in [5.41, 5.74) is 1.86. The molecule has 0 fully saturated rings. The van der Waals surface area contributed by atoms with E-state index in [4.69, 9.17) is 11.6 Å². The smallest absolute Gasteiger partial charge is 0.287 e. The predicted octanol–water partition coefficient (Wildman–Crippen LogP) is 2.96. The van der Waals surface area contributed by atoms with Crippen molar-refractivity contribution in [2.24, 2.45) is 0 Å². The molecule has 8 heteroatoms. The predicted molar refractivity (Wildman–Crippen MR) is 106 cm³/mol. The maximum Gasteiger partial charge on any atom is 0.287 e. The molecule has 0 spiro atoms. The number of rotatable bonds is 6. The van der Waals surface area contributed by atoms with Gasteiger partial charge in [0, 0.05) is 12.8 Å². The molecule has 0 aliphatic rings. The quantitative estimate of drug-likeness (QED) is 0.684. The van der Waals surface area contributed by atoms with Gasteiger partial charge in [-0.2, -0.15) is 5.10 Å². The lowest BCUT2D eigenvalue weighted by Crippen LogP contribution is -2.24. The van der Waals surface area contributed by atoms with Gasteiger partial charge in [-0.05, 0) is 23.3 Å². The largest absolute Gasteiger partial charge is 0.378 e. The SMILES string of the molecule is CS(=O)(=O)c1ccc(CNc2cnn(Cc3ccccc3)c(=O)c2Cl)cc1. The van der Waals surface area contributed by atoms with Crippen LogP contribution in [0, 0.1) is 0 Å². The Labute approximate surface area is 162 Å². The second-order valence-corrected chi connectivity index (χ2v) is 8.48. The van der Waals surface area contributed by atoms with Crippen LogP contribution in [0.2, 0.25) is 5.02 Å². The number of hydrogen-bond acceptors (Lipinski definition) is 5. The summed E-state index contributed by atoms with van der Waals surface area (Å²) in [6.45, 7) is 0.722. The monoisotopic (exact) mass is 403 g/mol. The molecule has 0 radical (unpaired) electrons. The van der Waals surface area contributed by atoms with Crippen molar-refractivity contribution in [1.82, 2.24) is 9.78 Å². The number of sulfone groups is 1. The lowest BCUT2D eigenvalue weighted by molar-refractivity contribution is 0.602. The normalized spacial score (nSPS) is 11.3. The summed E-state index contributed by atoms with van der Waals surface area (Å²) in [4.78, 5) is 12.7. The van der Waals surface area contributed by atoms with E-state index >= 15 is 0 Å². The van der Waals surface area contributed by atoms with E-state index in [2.05, 4.69) is 10.4 Å². The molecule has 0 bridgehead atoms. The van der Waals surface area contributed by atoms with Crippen molar-refractivity contribution in [1.29, 1.82) is 0 Å². The lowest BCUT2D eigenvalue weighted by atomic mass is 10.2. The summed E-state index contributed by atoms with van der Waals surface area (Å²) in [6, 6.07) is 16.0. The summed E-state index contributed by atoms with van der Waals surface area (Å²) in [6.07, 6.45) is 2.67. The van der Waals surface area contributed by atoms with E-state index < -0.39 is 9.84 Å². The Hall–Kier alpha value is -2.64. The topological polar surface area (TPSA) is 81.1 Å². The van der Waals surface area contributed by atoms with Crippen LogP contribution >= 0.6 is 11.6 Å². The summed E-state index contributed by atoms with van der Waals surface area (Å²) in [7, 11) is -3.23. The molecule has 3 aromatic rings. The fourth-order valence-electron chi connectivity index (χ4n) is 2.51. The molecule has 1 heterocycles. The molecular formula is C19H18ClN3O3S. The van der Waals surface area contributed by atoms with E-state index in [0.717, 1.165) is 17.4 Å². The molecule has 0 atom stereocenters. The first kappa shape index (κ1) is 19.1. The average molecular weight is 404 g/mol. The van der Waals surface area contributed by atoms with Crippen LogP contribution in [0.25, 0.3) is 0 Å². The molecule has 6 nitrogen and oxygen atoms in total. The van der Waals surface area contributed by atoms with Crippen LogP contribution in [0.3, 0.4) is 0 Å². The van der Waals surface area contributed by atoms with Gasteiger partial charge in [0.05, 0.1) is 23.3 Å². The van der Waals surface area contributed by atoms with Gasteiger partial charge in [-0.15, -0.1) is 0 Å². The Morgan fingerprint density at radius 2 is 1.70 bits per heavy atom. The maximum absolute atomic E-state index is 12.4. The summed E-state index contributed by atoms with van der Waals surface area (Å²) in [5, 5.41) is 7.30. The number of aromatic nitrogens is 2. The molecule has 1 aromatic heterocycles. The van der Waals surface area contributed by atoms with Gasteiger partial charge in [-0.25, -0.2) is 13.1 Å². The molecule has 0 saturated carbocycles. The van der Waals surface area contributed by atoms with Crippen LogP contribution in [-0.2, 0) is 22.9 Å². The van der Waals surface area contributed by atoms with Crippen molar-refractivity contribution in [3.8, 4) is 0 Å². The zero-order chi connectivity index (χ0) is 19.4. The van der Waals surface area contributed by atoms with Crippen molar-refractivity contribution in [2.45, 2.75) is 18.0 Å². The van der Waals surface area contributed by atoms with E-state index in [-0.39, 0.29) is 15.5 Å². The first-order valence-electron chi connectivity index (χ1n) is 8.17. The number of nitrogens with one attached hydrogen (secondary N) is 1. The van der Waals surface area contributed by atoms with Crippen LogP contribution in [0.5, 0.6) is 0 Å². The van der Waals surface area contributed by atoms with E-state index in [0.29, 0.717) is 18.8 Å². The van der Waals surface area contributed by atoms with Gasteiger partial charge in [0.1, 0.15) is 5.02 Å². The molecule has 27 heavy (non-hydrogen) atoms. The van der Waals surface area contributed by atoms with E-state index in [1.165, 1.54) is 10.9 Å². The highest BCUT2D eigenvalue weighted by Crippen LogP contribution is 2.17. The second kappa shape index (κ2) is 7.94. The van der Waals surface area contributed by atoms with Crippen LogP contribution in [0.15, 0.2) is 70.5 Å². The highest BCUT2D eigenvalue weighted by molar-refractivity contribution is 7.90. The lowest BCUT2D eigenvalue weighted by Gasteiger charge is -2.11. The minimum absolute atomic E-state index is 0.0636. The standard InChI is InChI=1S/C19H18ClN3O3S/c1-27(25,26)16-9-7-14(8-10-16)11-21-17-12-22-23(19(24)18(17)20)13-15-5-3-2-4-6-15/h2-10,12,21H,11,13H2,1H3. The van der Waals surface area contributed by atoms with Crippen molar-refractivity contribution >= 4 is 27.1 Å². The minimum Gasteiger partial charge on any atom is -0.378 e. The Bertz CT molecular complexity index is 1100. The zero-order valence-electron chi connectivity index (χ0n) is 14.6. The van der Waals surface area contributed by atoms with E-state index in [1.54, 1.807) is 24.3 Å². The summed E-state index contributed by atoms with van der Waals surface area (Å²) in [5.74, 6) is 0. The Morgan fingerprint density at radius 1 is 1.04 bits per heavy atom. The number of benzene rings is 2. The highest BCUT2D eigenvalue weighted by Gasteiger charge is 2.10. The molecule has 0 aliphatic heterocycles. The summed E-state index contributed by atoms with van der Waals surface area (Å²) < 4.78 is 24.3. The average Bonchev–Trinajstić information content (AvgIpc) is 2.65. The maximum atomic E-state index is 12.4. The number of nitrogens with zero attached hydrogens (tertiary/aromatic N) is 2. The Morgan fingerprint density at radius 3 is 2.33 bits per heavy atom. The van der Waals surface area contributed by atoms with Crippen molar-refractivity contribution in [3.63, 3.8) is 0 Å². The molecule has 1 N–H and O–H groups in total. The van der Waals surface area contributed by atoms with Gasteiger partial charge in [-0.3, -0.25) is 4.79 Å². The van der Waals surface area contributed by atoms with Gasteiger partial charge in [0.25, 0.3) is 5.56 Å². The molecule has 0 amide bonds. The van der Waals surface area contributed by atoms with Gasteiger partial charge >= 0.3 is 0 Å². The van der Waals surface area contributed by atoms with Gasteiger partial charge < -0.3 is 5.32 Å². The third kappa shape index (κ3) is 4.75. The van der Waals surface area contributed by atoms with Crippen LogP contribution in [0.1, 0.15) is 11.1 Å². The van der Waals surface area contributed by atoms with Gasteiger partial charge in [0.15, 0.2) is 9.84 Å². The van der Waals surface area contributed by atoms with Gasteiger partial charge in [0.2, 0.25) is 0 Å². The molecule has 3 rings (SSSR count). The fourth-order valence-corrected chi connectivity index (χ4v) is 3.35. The molecule has 140 valence electrons. The third-order valence-corrected chi connectivity index (χ3v) is 5.49.